The highest BCUT2D eigenvalue weighted by molar-refractivity contribution is 7.80. The van der Waals surface area contributed by atoms with Crippen LogP contribution in [0.5, 0.6) is 0 Å². The molecule has 0 radical (unpaired) electrons. The largest absolute Gasteiger partial charge is 0.460 e. The Morgan fingerprint density at radius 1 is 1.42 bits per heavy atom. The van der Waals surface area contributed by atoms with E-state index in [1.807, 2.05) is 19.1 Å². The third-order valence-corrected chi connectivity index (χ3v) is 3.76. The van der Waals surface area contributed by atoms with Crippen molar-refractivity contribution >= 4 is 23.5 Å². The molecular formula is C14H21N3OS. The molecule has 104 valence electrons. The van der Waals surface area contributed by atoms with Gasteiger partial charge in [-0.25, -0.2) is 0 Å². The van der Waals surface area contributed by atoms with Gasteiger partial charge in [0.2, 0.25) is 0 Å². The smallest absolute Gasteiger partial charge is 0.187 e. The fourth-order valence-electron chi connectivity index (χ4n) is 2.41. The van der Waals surface area contributed by atoms with Crippen LogP contribution in [0.15, 0.2) is 21.7 Å². The minimum absolute atomic E-state index is 0.467. The van der Waals surface area contributed by atoms with Gasteiger partial charge in [0, 0.05) is 6.04 Å². The molecule has 0 saturated heterocycles. The first-order valence-electron chi connectivity index (χ1n) is 6.81. The first-order chi connectivity index (χ1) is 9.15. The van der Waals surface area contributed by atoms with Crippen LogP contribution in [0.4, 0.5) is 0 Å². The maximum absolute atomic E-state index is 5.38. The van der Waals surface area contributed by atoms with E-state index in [1.54, 1.807) is 6.21 Å². The third-order valence-electron chi connectivity index (χ3n) is 3.55. The molecule has 2 rings (SSSR count). The predicted molar refractivity (Wildman–Crippen MR) is 81.3 cm³/mol. The zero-order valence-corrected chi connectivity index (χ0v) is 12.3. The molecule has 1 aliphatic carbocycles. The van der Waals surface area contributed by atoms with Gasteiger partial charge >= 0.3 is 0 Å². The SMILES string of the molecule is Cc1ccc(/C=N\NC(=S)N[C@@H]2CCCC[C@@H]2C)o1. The third kappa shape index (κ3) is 4.35. The van der Waals surface area contributed by atoms with E-state index in [0.29, 0.717) is 17.1 Å². The van der Waals surface area contributed by atoms with Crippen molar-refractivity contribution in [2.24, 2.45) is 11.0 Å². The molecule has 0 aromatic carbocycles. The number of furan rings is 1. The number of aryl methyl sites for hydroxylation is 1. The molecule has 1 aliphatic rings. The maximum atomic E-state index is 5.38. The number of nitrogens with zero attached hydrogens (tertiary/aromatic N) is 1. The lowest BCUT2D eigenvalue weighted by atomic mass is 9.86. The summed E-state index contributed by atoms with van der Waals surface area (Å²) in [7, 11) is 0. The van der Waals surface area contributed by atoms with Gasteiger partial charge in [0.1, 0.15) is 11.5 Å². The monoisotopic (exact) mass is 279 g/mol. The molecule has 0 amide bonds. The van der Waals surface area contributed by atoms with Crippen LogP contribution in [0.25, 0.3) is 0 Å². The van der Waals surface area contributed by atoms with E-state index in [1.165, 1.54) is 25.7 Å². The molecule has 1 heterocycles. The first-order valence-corrected chi connectivity index (χ1v) is 7.22. The Hall–Kier alpha value is -1.36. The van der Waals surface area contributed by atoms with Crippen molar-refractivity contribution in [1.29, 1.82) is 0 Å². The second-order valence-electron chi connectivity index (χ2n) is 5.16. The van der Waals surface area contributed by atoms with Crippen LogP contribution < -0.4 is 10.7 Å². The van der Waals surface area contributed by atoms with Crippen molar-refractivity contribution in [3.8, 4) is 0 Å². The van der Waals surface area contributed by atoms with Crippen molar-refractivity contribution in [2.45, 2.75) is 45.6 Å². The number of hydrazone groups is 1. The van der Waals surface area contributed by atoms with Gasteiger partial charge < -0.3 is 9.73 Å². The lowest BCUT2D eigenvalue weighted by Gasteiger charge is -2.30. The van der Waals surface area contributed by atoms with Gasteiger partial charge in [-0.2, -0.15) is 5.10 Å². The lowest BCUT2D eigenvalue weighted by molar-refractivity contribution is 0.308. The zero-order chi connectivity index (χ0) is 13.7. The van der Waals surface area contributed by atoms with E-state index in [4.69, 9.17) is 16.6 Å². The minimum Gasteiger partial charge on any atom is -0.460 e. The average molecular weight is 279 g/mol. The molecule has 2 atom stereocenters. The van der Waals surface area contributed by atoms with Crippen molar-refractivity contribution in [3.63, 3.8) is 0 Å². The molecule has 1 saturated carbocycles. The summed E-state index contributed by atoms with van der Waals surface area (Å²) in [6.45, 7) is 4.18. The van der Waals surface area contributed by atoms with Crippen LogP contribution in [0, 0.1) is 12.8 Å². The van der Waals surface area contributed by atoms with E-state index in [0.717, 1.165) is 11.5 Å². The predicted octanol–water partition coefficient (Wildman–Crippen LogP) is 2.96. The molecule has 1 aromatic rings. The summed E-state index contributed by atoms with van der Waals surface area (Å²) in [4.78, 5) is 0. The maximum Gasteiger partial charge on any atom is 0.187 e. The molecule has 1 aromatic heterocycles. The topological polar surface area (TPSA) is 49.6 Å². The number of rotatable bonds is 3. The summed E-state index contributed by atoms with van der Waals surface area (Å²) in [6, 6.07) is 4.25. The summed E-state index contributed by atoms with van der Waals surface area (Å²) < 4.78 is 5.38. The zero-order valence-electron chi connectivity index (χ0n) is 11.5. The van der Waals surface area contributed by atoms with Crippen LogP contribution in [0.2, 0.25) is 0 Å². The average Bonchev–Trinajstić information content (AvgIpc) is 2.78. The van der Waals surface area contributed by atoms with E-state index in [9.17, 15) is 0 Å². The molecule has 19 heavy (non-hydrogen) atoms. The fraction of sp³-hybridized carbons (Fsp3) is 0.571. The molecule has 1 fully saturated rings. The van der Waals surface area contributed by atoms with E-state index in [2.05, 4.69) is 22.8 Å². The van der Waals surface area contributed by atoms with Crippen LogP contribution in [-0.4, -0.2) is 17.4 Å². The van der Waals surface area contributed by atoms with E-state index in [-0.39, 0.29) is 0 Å². The number of nitrogens with one attached hydrogen (secondary N) is 2. The summed E-state index contributed by atoms with van der Waals surface area (Å²) in [5.41, 5.74) is 2.84. The molecule has 2 N–H and O–H groups in total. The van der Waals surface area contributed by atoms with Gasteiger partial charge in [-0.05, 0) is 50.0 Å². The number of hydrogen-bond acceptors (Lipinski definition) is 3. The highest BCUT2D eigenvalue weighted by Gasteiger charge is 2.21. The summed E-state index contributed by atoms with van der Waals surface area (Å²) in [5.74, 6) is 2.27. The Balaban J connectivity index is 1.76. The van der Waals surface area contributed by atoms with Crippen molar-refractivity contribution in [2.75, 3.05) is 0 Å². The Bertz CT molecular complexity index is 455. The summed E-state index contributed by atoms with van der Waals surface area (Å²) in [5, 5.41) is 7.99. The molecule has 0 unspecified atom stereocenters. The summed E-state index contributed by atoms with van der Waals surface area (Å²) >= 11 is 5.24. The Morgan fingerprint density at radius 2 is 2.21 bits per heavy atom. The Labute approximate surface area is 119 Å². The Kier molecular flexibility index (Phi) is 4.96. The second-order valence-corrected chi connectivity index (χ2v) is 5.57. The van der Waals surface area contributed by atoms with E-state index >= 15 is 0 Å². The molecule has 5 heteroatoms. The van der Waals surface area contributed by atoms with Crippen molar-refractivity contribution in [1.82, 2.24) is 10.7 Å². The van der Waals surface area contributed by atoms with Gasteiger partial charge in [-0.1, -0.05) is 19.8 Å². The van der Waals surface area contributed by atoms with Crippen molar-refractivity contribution < 1.29 is 4.42 Å². The summed E-state index contributed by atoms with van der Waals surface area (Å²) in [6.07, 6.45) is 6.69. The Morgan fingerprint density at radius 3 is 2.89 bits per heavy atom. The second kappa shape index (κ2) is 6.70. The highest BCUT2D eigenvalue weighted by Crippen LogP contribution is 2.23. The van der Waals surface area contributed by atoms with Gasteiger partial charge in [-0.15, -0.1) is 0 Å². The first kappa shape index (κ1) is 14.1. The normalized spacial score (nSPS) is 23.5. The molecule has 4 nitrogen and oxygen atoms in total. The standard InChI is InChI=1S/C14H21N3OS/c1-10-5-3-4-6-13(10)16-14(19)17-15-9-12-8-7-11(2)18-12/h7-10,13H,3-6H2,1-2H3,(H2,16,17,19)/b15-9-/t10-,13+/m0/s1. The van der Waals surface area contributed by atoms with Gasteiger partial charge in [0.15, 0.2) is 5.11 Å². The van der Waals surface area contributed by atoms with Gasteiger partial charge in [-0.3, -0.25) is 5.43 Å². The quantitative estimate of drug-likeness (QED) is 0.507. The number of thiocarbonyl (C=S) groups is 1. The van der Waals surface area contributed by atoms with Gasteiger partial charge in [0.25, 0.3) is 0 Å². The molecule has 0 aliphatic heterocycles. The van der Waals surface area contributed by atoms with Crippen LogP contribution in [-0.2, 0) is 0 Å². The van der Waals surface area contributed by atoms with Crippen LogP contribution in [0.3, 0.4) is 0 Å². The lowest BCUT2D eigenvalue weighted by Crippen LogP contribution is -2.44. The molecular weight excluding hydrogens is 258 g/mol. The van der Waals surface area contributed by atoms with E-state index < -0.39 is 0 Å². The van der Waals surface area contributed by atoms with Crippen LogP contribution in [0.1, 0.15) is 44.1 Å². The van der Waals surface area contributed by atoms with Crippen molar-refractivity contribution in [3.05, 3.63) is 23.7 Å². The minimum atomic E-state index is 0.467. The van der Waals surface area contributed by atoms with Gasteiger partial charge in [0.05, 0.1) is 6.21 Å². The fourth-order valence-corrected chi connectivity index (χ4v) is 2.61. The molecule has 0 bridgehead atoms. The highest BCUT2D eigenvalue weighted by atomic mass is 32.1. The van der Waals surface area contributed by atoms with Crippen LogP contribution >= 0.6 is 12.2 Å². The molecule has 0 spiro atoms. The number of hydrogen-bond donors (Lipinski definition) is 2.